The number of halogens is 1. The van der Waals surface area contributed by atoms with Crippen molar-refractivity contribution in [2.75, 3.05) is 13.2 Å². The van der Waals surface area contributed by atoms with Crippen LogP contribution in [0.1, 0.15) is 25.7 Å². The molecule has 1 saturated carbocycles. The molecule has 3 heteroatoms. The molecule has 1 aliphatic heterocycles. The SMILES string of the molecule is BrC1CC1COC1CCCCO1. The number of hydrogen-bond donors (Lipinski definition) is 0. The molecule has 12 heavy (non-hydrogen) atoms. The van der Waals surface area contributed by atoms with E-state index in [-0.39, 0.29) is 6.29 Å². The Labute approximate surface area is 81.7 Å². The third-order valence-corrected chi connectivity index (χ3v) is 3.59. The van der Waals surface area contributed by atoms with Crippen LogP contribution in [0.4, 0.5) is 0 Å². The zero-order valence-corrected chi connectivity index (χ0v) is 8.76. The first kappa shape index (κ1) is 8.97. The number of rotatable bonds is 3. The van der Waals surface area contributed by atoms with E-state index >= 15 is 0 Å². The van der Waals surface area contributed by atoms with Crippen LogP contribution >= 0.6 is 15.9 Å². The van der Waals surface area contributed by atoms with Crippen molar-refractivity contribution >= 4 is 15.9 Å². The fourth-order valence-electron chi connectivity index (χ4n) is 1.46. The summed E-state index contributed by atoms with van der Waals surface area (Å²) in [4.78, 5) is 0.709. The van der Waals surface area contributed by atoms with Crippen LogP contribution in [0.15, 0.2) is 0 Å². The molecule has 70 valence electrons. The summed E-state index contributed by atoms with van der Waals surface area (Å²) in [6, 6.07) is 0. The van der Waals surface area contributed by atoms with Gasteiger partial charge in [-0.25, -0.2) is 0 Å². The Hall–Kier alpha value is 0.400. The Morgan fingerprint density at radius 3 is 2.83 bits per heavy atom. The molecular formula is C9H15BrO2. The van der Waals surface area contributed by atoms with Crippen molar-refractivity contribution in [2.24, 2.45) is 5.92 Å². The van der Waals surface area contributed by atoms with E-state index in [4.69, 9.17) is 9.47 Å². The van der Waals surface area contributed by atoms with Gasteiger partial charge >= 0.3 is 0 Å². The van der Waals surface area contributed by atoms with Gasteiger partial charge in [-0.1, -0.05) is 15.9 Å². The summed E-state index contributed by atoms with van der Waals surface area (Å²) in [6.07, 6.45) is 4.91. The fraction of sp³-hybridized carbons (Fsp3) is 1.00. The molecule has 0 amide bonds. The lowest BCUT2D eigenvalue weighted by molar-refractivity contribution is -0.164. The molecular weight excluding hydrogens is 220 g/mol. The highest BCUT2D eigenvalue weighted by molar-refractivity contribution is 9.09. The highest BCUT2D eigenvalue weighted by Crippen LogP contribution is 2.38. The summed E-state index contributed by atoms with van der Waals surface area (Å²) in [5.74, 6) is 0.746. The van der Waals surface area contributed by atoms with E-state index in [2.05, 4.69) is 15.9 Å². The number of ether oxygens (including phenoxy) is 2. The molecule has 2 rings (SSSR count). The maximum Gasteiger partial charge on any atom is 0.157 e. The Morgan fingerprint density at radius 1 is 1.42 bits per heavy atom. The lowest BCUT2D eigenvalue weighted by Crippen LogP contribution is -2.23. The molecule has 1 saturated heterocycles. The molecule has 1 heterocycles. The van der Waals surface area contributed by atoms with E-state index in [1.165, 1.54) is 19.3 Å². The van der Waals surface area contributed by atoms with Crippen LogP contribution in [-0.2, 0) is 9.47 Å². The molecule has 0 aromatic carbocycles. The predicted molar refractivity (Wildman–Crippen MR) is 50.4 cm³/mol. The molecule has 0 aromatic heterocycles. The lowest BCUT2D eigenvalue weighted by atomic mass is 10.2. The first-order valence-electron chi connectivity index (χ1n) is 4.73. The van der Waals surface area contributed by atoms with Gasteiger partial charge in [-0.15, -0.1) is 0 Å². The molecule has 2 nitrogen and oxygen atoms in total. The quantitative estimate of drug-likeness (QED) is 0.699. The fourth-order valence-corrected chi connectivity index (χ4v) is 2.09. The van der Waals surface area contributed by atoms with Crippen LogP contribution in [0.5, 0.6) is 0 Å². The number of alkyl halides is 1. The average Bonchev–Trinajstić information content (AvgIpc) is 2.81. The zero-order valence-electron chi connectivity index (χ0n) is 7.17. The molecule has 3 atom stereocenters. The van der Waals surface area contributed by atoms with Gasteiger partial charge in [0.2, 0.25) is 0 Å². The van der Waals surface area contributed by atoms with Gasteiger partial charge < -0.3 is 9.47 Å². The van der Waals surface area contributed by atoms with Gasteiger partial charge in [0.25, 0.3) is 0 Å². The van der Waals surface area contributed by atoms with Gasteiger partial charge in [-0.3, -0.25) is 0 Å². The summed E-state index contributed by atoms with van der Waals surface area (Å²) in [6.45, 7) is 1.76. The Kier molecular flexibility index (Phi) is 3.05. The van der Waals surface area contributed by atoms with Crippen LogP contribution in [0.2, 0.25) is 0 Å². The third-order valence-electron chi connectivity index (χ3n) is 2.47. The summed E-state index contributed by atoms with van der Waals surface area (Å²) >= 11 is 3.55. The van der Waals surface area contributed by atoms with Gasteiger partial charge in [-0.05, 0) is 31.6 Å². The van der Waals surface area contributed by atoms with E-state index in [0.29, 0.717) is 4.83 Å². The second-order valence-corrected chi connectivity index (χ2v) is 4.82. The van der Waals surface area contributed by atoms with Crippen molar-refractivity contribution < 1.29 is 9.47 Å². The monoisotopic (exact) mass is 234 g/mol. The highest BCUT2D eigenvalue weighted by atomic mass is 79.9. The van der Waals surface area contributed by atoms with Crippen molar-refractivity contribution in [3.05, 3.63) is 0 Å². The minimum atomic E-state index is 0.0963. The molecule has 1 aliphatic carbocycles. The summed E-state index contributed by atoms with van der Waals surface area (Å²) < 4.78 is 11.1. The van der Waals surface area contributed by atoms with Crippen molar-refractivity contribution in [2.45, 2.75) is 36.8 Å². The molecule has 3 unspecified atom stereocenters. The van der Waals surface area contributed by atoms with Gasteiger partial charge in [-0.2, -0.15) is 0 Å². The van der Waals surface area contributed by atoms with E-state index < -0.39 is 0 Å². The normalized spacial score (nSPS) is 41.2. The molecule has 0 aromatic rings. The van der Waals surface area contributed by atoms with Crippen LogP contribution in [0, 0.1) is 5.92 Å². The zero-order chi connectivity index (χ0) is 8.39. The molecule has 0 N–H and O–H groups in total. The van der Waals surface area contributed by atoms with Crippen LogP contribution in [0.25, 0.3) is 0 Å². The predicted octanol–water partition coefficient (Wildman–Crippen LogP) is 2.31. The van der Waals surface area contributed by atoms with E-state index in [0.717, 1.165) is 25.6 Å². The van der Waals surface area contributed by atoms with Crippen LogP contribution in [0.3, 0.4) is 0 Å². The minimum Gasteiger partial charge on any atom is -0.353 e. The summed E-state index contributed by atoms with van der Waals surface area (Å²) in [5, 5.41) is 0. The first-order chi connectivity index (χ1) is 5.86. The second kappa shape index (κ2) is 4.07. The molecule has 2 aliphatic rings. The van der Waals surface area contributed by atoms with Crippen LogP contribution < -0.4 is 0 Å². The topological polar surface area (TPSA) is 18.5 Å². The average molecular weight is 235 g/mol. The molecule has 0 radical (unpaired) electrons. The largest absolute Gasteiger partial charge is 0.353 e. The second-order valence-electron chi connectivity index (χ2n) is 3.64. The van der Waals surface area contributed by atoms with Crippen molar-refractivity contribution in [3.63, 3.8) is 0 Å². The third kappa shape index (κ3) is 2.44. The van der Waals surface area contributed by atoms with Gasteiger partial charge in [0.15, 0.2) is 6.29 Å². The van der Waals surface area contributed by atoms with E-state index in [1.54, 1.807) is 0 Å². The molecule has 0 bridgehead atoms. The van der Waals surface area contributed by atoms with Crippen molar-refractivity contribution in [3.8, 4) is 0 Å². The molecule has 2 fully saturated rings. The van der Waals surface area contributed by atoms with Gasteiger partial charge in [0.1, 0.15) is 0 Å². The van der Waals surface area contributed by atoms with Crippen molar-refractivity contribution in [1.29, 1.82) is 0 Å². The smallest absolute Gasteiger partial charge is 0.157 e. The first-order valence-corrected chi connectivity index (χ1v) is 5.65. The lowest BCUT2D eigenvalue weighted by Gasteiger charge is -2.22. The number of hydrogen-bond acceptors (Lipinski definition) is 2. The van der Waals surface area contributed by atoms with Crippen molar-refractivity contribution in [1.82, 2.24) is 0 Å². The summed E-state index contributed by atoms with van der Waals surface area (Å²) in [7, 11) is 0. The Bertz CT molecular complexity index is 145. The maximum atomic E-state index is 5.63. The Morgan fingerprint density at radius 2 is 2.25 bits per heavy atom. The summed E-state index contributed by atoms with van der Waals surface area (Å²) in [5.41, 5.74) is 0. The highest BCUT2D eigenvalue weighted by Gasteiger charge is 2.35. The standard InChI is InChI=1S/C9H15BrO2/c10-8-5-7(8)6-12-9-3-1-2-4-11-9/h7-9H,1-6H2. The van der Waals surface area contributed by atoms with E-state index in [1.807, 2.05) is 0 Å². The Balaban J connectivity index is 1.59. The van der Waals surface area contributed by atoms with Gasteiger partial charge in [0.05, 0.1) is 6.61 Å². The minimum absolute atomic E-state index is 0.0963. The maximum absolute atomic E-state index is 5.63. The van der Waals surface area contributed by atoms with E-state index in [9.17, 15) is 0 Å². The molecule has 0 spiro atoms. The van der Waals surface area contributed by atoms with Crippen LogP contribution in [-0.4, -0.2) is 24.3 Å². The van der Waals surface area contributed by atoms with Gasteiger partial charge in [0, 0.05) is 11.4 Å².